The Kier molecular flexibility index (Phi) is 7.81. The van der Waals surface area contributed by atoms with Gasteiger partial charge in [0.25, 0.3) is 5.91 Å². The van der Waals surface area contributed by atoms with Crippen LogP contribution in [0, 0.1) is 6.92 Å². The summed E-state index contributed by atoms with van der Waals surface area (Å²) in [7, 11) is 1.50. The highest BCUT2D eigenvalue weighted by Crippen LogP contribution is 2.45. The van der Waals surface area contributed by atoms with Crippen LogP contribution < -0.4 is 5.32 Å². The van der Waals surface area contributed by atoms with Crippen LogP contribution in [-0.4, -0.2) is 54.4 Å². The first-order valence-electron chi connectivity index (χ1n) is 9.53. The first kappa shape index (κ1) is 22.2. The van der Waals surface area contributed by atoms with Gasteiger partial charge in [0.2, 0.25) is 5.91 Å². The molecular weight excluding hydrogens is 420 g/mol. The highest BCUT2D eigenvalue weighted by Gasteiger charge is 2.19. The summed E-state index contributed by atoms with van der Waals surface area (Å²) in [4.78, 5) is 37.7. The van der Waals surface area contributed by atoms with Crippen LogP contribution >= 0.6 is 23.5 Å². The van der Waals surface area contributed by atoms with Gasteiger partial charge in [-0.25, -0.2) is 4.79 Å². The number of aryl methyl sites for hydroxylation is 1. The number of carbonyl (C=O) groups is 3. The molecule has 1 heterocycles. The van der Waals surface area contributed by atoms with Gasteiger partial charge in [-0.2, -0.15) is 0 Å². The lowest BCUT2D eigenvalue weighted by molar-refractivity contribution is -0.136. The summed E-state index contributed by atoms with van der Waals surface area (Å²) < 4.78 is 5.53. The van der Waals surface area contributed by atoms with E-state index >= 15 is 0 Å². The summed E-state index contributed by atoms with van der Waals surface area (Å²) in [6.07, 6.45) is 0. The van der Waals surface area contributed by atoms with Crippen LogP contribution in [0.15, 0.2) is 48.5 Å². The maximum Gasteiger partial charge on any atom is 0.338 e. The zero-order valence-electron chi connectivity index (χ0n) is 16.9. The predicted molar refractivity (Wildman–Crippen MR) is 122 cm³/mol. The van der Waals surface area contributed by atoms with Crippen LogP contribution in [0.25, 0.3) is 0 Å². The van der Waals surface area contributed by atoms with Crippen LogP contribution in [0.2, 0.25) is 0 Å². The minimum Gasteiger partial charge on any atom is -0.452 e. The Labute approximate surface area is 184 Å². The number of amides is 2. The zero-order chi connectivity index (χ0) is 21.5. The van der Waals surface area contributed by atoms with Crippen molar-refractivity contribution in [1.82, 2.24) is 4.90 Å². The fourth-order valence-corrected chi connectivity index (χ4v) is 5.65. The van der Waals surface area contributed by atoms with Gasteiger partial charge < -0.3 is 15.0 Å². The molecule has 0 bridgehead atoms. The first-order valence-corrected chi connectivity index (χ1v) is 11.6. The Balaban J connectivity index is 1.43. The van der Waals surface area contributed by atoms with Gasteiger partial charge in [-0.3, -0.25) is 9.59 Å². The molecule has 0 aliphatic carbocycles. The van der Waals surface area contributed by atoms with Crippen molar-refractivity contribution in [3.8, 4) is 0 Å². The minimum atomic E-state index is -0.556. The Hall–Kier alpha value is -2.45. The lowest BCUT2D eigenvalue weighted by Gasteiger charge is -2.17. The van der Waals surface area contributed by atoms with E-state index < -0.39 is 18.5 Å². The minimum absolute atomic E-state index is 0.129. The molecular formula is C22H24N2O4S2. The van der Waals surface area contributed by atoms with Gasteiger partial charge in [-0.05, 0) is 36.8 Å². The number of nitrogens with one attached hydrogen (secondary N) is 1. The number of hydrogen-bond donors (Lipinski definition) is 1. The van der Waals surface area contributed by atoms with E-state index in [1.54, 1.807) is 24.3 Å². The monoisotopic (exact) mass is 444 g/mol. The molecule has 1 saturated heterocycles. The smallest absolute Gasteiger partial charge is 0.338 e. The van der Waals surface area contributed by atoms with E-state index in [9.17, 15) is 14.4 Å². The van der Waals surface area contributed by atoms with Gasteiger partial charge >= 0.3 is 5.97 Å². The molecule has 0 spiro atoms. The fourth-order valence-electron chi connectivity index (χ4n) is 2.79. The molecule has 2 amide bonds. The molecule has 2 aromatic carbocycles. The Morgan fingerprint density at radius 1 is 1.03 bits per heavy atom. The second-order valence-corrected chi connectivity index (χ2v) is 9.66. The summed E-state index contributed by atoms with van der Waals surface area (Å²) in [5.41, 5.74) is 3.33. The van der Waals surface area contributed by atoms with E-state index in [1.165, 1.54) is 17.5 Å². The van der Waals surface area contributed by atoms with Crippen LogP contribution in [0.5, 0.6) is 0 Å². The second-order valence-electron chi connectivity index (χ2n) is 6.94. The SMILES string of the molecule is Cc1ccc(NC(=O)CN(C)C(=O)COC(=O)c2ccc(C3SCCS3)cc2)cc1. The summed E-state index contributed by atoms with van der Waals surface area (Å²) >= 11 is 3.79. The number of nitrogens with zero attached hydrogens (tertiary/aromatic N) is 1. The van der Waals surface area contributed by atoms with Crippen molar-refractivity contribution in [3.05, 3.63) is 65.2 Å². The number of benzene rings is 2. The number of likely N-dealkylation sites (N-methyl/N-ethyl adjacent to an activating group) is 1. The van der Waals surface area contributed by atoms with Gasteiger partial charge in [0, 0.05) is 24.2 Å². The molecule has 2 aromatic rings. The lowest BCUT2D eigenvalue weighted by Crippen LogP contribution is -2.37. The molecule has 6 nitrogen and oxygen atoms in total. The van der Waals surface area contributed by atoms with Crippen molar-refractivity contribution in [3.63, 3.8) is 0 Å². The highest BCUT2D eigenvalue weighted by atomic mass is 32.2. The summed E-state index contributed by atoms with van der Waals surface area (Å²) in [5, 5.41) is 2.73. The third-order valence-electron chi connectivity index (χ3n) is 4.51. The molecule has 1 N–H and O–H groups in total. The number of ether oxygens (including phenoxy) is 1. The van der Waals surface area contributed by atoms with Crippen molar-refractivity contribution in [2.75, 3.05) is 37.0 Å². The number of anilines is 1. The third-order valence-corrected chi connectivity index (χ3v) is 7.61. The van der Waals surface area contributed by atoms with Gasteiger partial charge in [0.1, 0.15) is 0 Å². The molecule has 0 radical (unpaired) electrons. The third kappa shape index (κ3) is 6.27. The van der Waals surface area contributed by atoms with E-state index in [-0.39, 0.29) is 12.5 Å². The highest BCUT2D eigenvalue weighted by molar-refractivity contribution is 8.19. The molecule has 1 aliphatic rings. The molecule has 3 rings (SSSR count). The number of carbonyl (C=O) groups excluding carboxylic acids is 3. The molecule has 1 aliphatic heterocycles. The van der Waals surface area contributed by atoms with Crippen molar-refractivity contribution in [2.24, 2.45) is 0 Å². The molecule has 0 saturated carbocycles. The molecule has 158 valence electrons. The van der Waals surface area contributed by atoms with Crippen LogP contribution in [0.3, 0.4) is 0 Å². The van der Waals surface area contributed by atoms with Gasteiger partial charge in [0.05, 0.1) is 16.7 Å². The summed E-state index contributed by atoms with van der Waals surface area (Å²) in [6.45, 7) is 1.42. The topological polar surface area (TPSA) is 75.7 Å². The summed E-state index contributed by atoms with van der Waals surface area (Å²) in [5.74, 6) is 0.950. The van der Waals surface area contributed by atoms with Crippen molar-refractivity contribution in [1.29, 1.82) is 0 Å². The molecule has 30 heavy (non-hydrogen) atoms. The van der Waals surface area contributed by atoms with E-state index in [1.807, 2.05) is 54.7 Å². The predicted octanol–water partition coefficient (Wildman–Crippen LogP) is 3.73. The standard InChI is InChI=1S/C22H24N2O4S2/c1-15-3-9-18(10-4-15)23-19(25)13-24(2)20(26)14-28-21(27)16-5-7-17(8-6-16)22-29-11-12-30-22/h3-10,22H,11-14H2,1-2H3,(H,23,25). The quantitative estimate of drug-likeness (QED) is 0.656. The van der Waals surface area contributed by atoms with Crippen molar-refractivity contribution < 1.29 is 19.1 Å². The maximum absolute atomic E-state index is 12.2. The molecule has 0 atom stereocenters. The van der Waals surface area contributed by atoms with Crippen molar-refractivity contribution in [2.45, 2.75) is 11.5 Å². The number of thioether (sulfide) groups is 2. The summed E-state index contributed by atoms with van der Waals surface area (Å²) in [6, 6.07) is 14.7. The van der Waals surface area contributed by atoms with E-state index in [4.69, 9.17) is 4.74 Å². The molecule has 0 unspecified atom stereocenters. The Morgan fingerprint density at radius 3 is 2.30 bits per heavy atom. The maximum atomic E-state index is 12.2. The Bertz CT molecular complexity index is 894. The second kappa shape index (κ2) is 10.5. The van der Waals surface area contributed by atoms with E-state index in [0.717, 1.165) is 17.1 Å². The number of hydrogen-bond acceptors (Lipinski definition) is 6. The van der Waals surface area contributed by atoms with Gasteiger partial charge in [0.15, 0.2) is 6.61 Å². The van der Waals surface area contributed by atoms with E-state index in [0.29, 0.717) is 15.8 Å². The molecule has 1 fully saturated rings. The zero-order valence-corrected chi connectivity index (χ0v) is 18.6. The fraction of sp³-hybridized carbons (Fsp3) is 0.318. The van der Waals surface area contributed by atoms with Crippen LogP contribution in [-0.2, 0) is 14.3 Å². The first-order chi connectivity index (χ1) is 14.4. The Morgan fingerprint density at radius 2 is 1.67 bits per heavy atom. The van der Waals surface area contributed by atoms with Crippen LogP contribution in [0.4, 0.5) is 5.69 Å². The average Bonchev–Trinajstić information content (AvgIpc) is 3.28. The number of rotatable bonds is 7. The number of esters is 1. The molecule has 0 aromatic heterocycles. The lowest BCUT2D eigenvalue weighted by atomic mass is 10.1. The van der Waals surface area contributed by atoms with E-state index in [2.05, 4.69) is 5.32 Å². The molecule has 8 heteroatoms. The average molecular weight is 445 g/mol. The largest absolute Gasteiger partial charge is 0.452 e. The van der Waals surface area contributed by atoms with Gasteiger partial charge in [-0.15, -0.1) is 23.5 Å². The van der Waals surface area contributed by atoms with Crippen LogP contribution in [0.1, 0.15) is 26.1 Å². The normalized spacial score (nSPS) is 13.7. The van der Waals surface area contributed by atoms with Gasteiger partial charge in [-0.1, -0.05) is 29.8 Å². The van der Waals surface area contributed by atoms with Crippen molar-refractivity contribution >= 4 is 47.0 Å².